The first-order chi connectivity index (χ1) is 9.68. The molecule has 0 aliphatic heterocycles. The summed E-state index contributed by atoms with van der Waals surface area (Å²) in [6.07, 6.45) is 0. The van der Waals surface area contributed by atoms with E-state index in [-0.39, 0.29) is 10.6 Å². The molecule has 0 aliphatic rings. The molecule has 0 N–H and O–H groups in total. The fourth-order valence-electron chi connectivity index (χ4n) is 2.37. The van der Waals surface area contributed by atoms with Crippen LogP contribution in [-0.2, 0) is 0 Å². The third kappa shape index (κ3) is 2.08. The Bertz CT molecular complexity index is 814. The summed E-state index contributed by atoms with van der Waals surface area (Å²) >= 11 is 3.52. The van der Waals surface area contributed by atoms with Crippen LogP contribution in [0.25, 0.3) is 21.9 Å². The molecule has 0 fully saturated rings. The van der Waals surface area contributed by atoms with E-state index in [1.54, 1.807) is 12.1 Å². The number of para-hydroxylation sites is 1. The largest absolute Gasteiger partial charge is 0.277 e. The number of nitro groups is 1. The molecular weight excluding hydrogens is 318 g/mol. The minimum absolute atomic E-state index is 0.125. The normalized spacial score (nSPS) is 10.7. The van der Waals surface area contributed by atoms with E-state index in [0.29, 0.717) is 5.56 Å². The second kappa shape index (κ2) is 5.06. The van der Waals surface area contributed by atoms with Gasteiger partial charge in [0.05, 0.1) is 10.5 Å². The molecule has 0 atom stereocenters. The van der Waals surface area contributed by atoms with E-state index in [9.17, 15) is 10.1 Å². The van der Waals surface area contributed by atoms with Crippen molar-refractivity contribution in [2.45, 2.75) is 0 Å². The molecule has 0 aliphatic carbocycles. The predicted octanol–water partition coefficient (Wildman–Crippen LogP) is 5.18. The van der Waals surface area contributed by atoms with Gasteiger partial charge in [-0.1, -0.05) is 58.4 Å². The molecule has 0 spiro atoms. The van der Waals surface area contributed by atoms with Gasteiger partial charge in [0.2, 0.25) is 0 Å². The zero-order chi connectivity index (χ0) is 14.1. The highest BCUT2D eigenvalue weighted by atomic mass is 79.9. The van der Waals surface area contributed by atoms with Crippen LogP contribution in [0.4, 0.5) is 5.69 Å². The minimum Gasteiger partial charge on any atom is -0.258 e. The number of hydrogen-bond acceptors (Lipinski definition) is 2. The summed E-state index contributed by atoms with van der Waals surface area (Å²) in [4.78, 5) is 10.9. The summed E-state index contributed by atoms with van der Waals surface area (Å²) in [5.41, 5.74) is 1.64. The highest BCUT2D eigenvalue weighted by Gasteiger charge is 2.16. The van der Waals surface area contributed by atoms with Crippen molar-refractivity contribution in [2.24, 2.45) is 0 Å². The molecule has 0 bridgehead atoms. The van der Waals surface area contributed by atoms with Gasteiger partial charge in [0.15, 0.2) is 0 Å². The van der Waals surface area contributed by atoms with E-state index in [1.165, 1.54) is 6.07 Å². The number of halogens is 1. The van der Waals surface area contributed by atoms with Crippen molar-refractivity contribution in [1.82, 2.24) is 0 Å². The molecule has 0 amide bonds. The Labute approximate surface area is 124 Å². The summed E-state index contributed by atoms with van der Waals surface area (Å²) in [6, 6.07) is 18.5. The number of rotatable bonds is 2. The fraction of sp³-hybridized carbons (Fsp3) is 0. The third-order valence-electron chi connectivity index (χ3n) is 3.26. The van der Waals surface area contributed by atoms with Crippen molar-refractivity contribution >= 4 is 32.4 Å². The summed E-state index contributed by atoms with van der Waals surface area (Å²) < 4.78 is 0.982. The Morgan fingerprint density at radius 3 is 2.25 bits per heavy atom. The molecule has 0 unspecified atom stereocenters. The molecule has 98 valence electrons. The molecule has 0 heterocycles. The average Bonchev–Trinajstić information content (AvgIpc) is 2.47. The first kappa shape index (κ1) is 12.8. The summed E-state index contributed by atoms with van der Waals surface area (Å²) in [6.45, 7) is 0. The lowest BCUT2D eigenvalue weighted by molar-refractivity contribution is -0.384. The number of hydrogen-bond donors (Lipinski definition) is 0. The topological polar surface area (TPSA) is 43.1 Å². The standard InChI is InChI=1S/C16H10BrNO2/c17-15-9-4-7-11-12(6-3-8-13(11)15)14-5-1-2-10-16(14)18(19)20/h1-10H. The van der Waals surface area contributed by atoms with E-state index in [1.807, 2.05) is 42.5 Å². The highest BCUT2D eigenvalue weighted by molar-refractivity contribution is 9.10. The van der Waals surface area contributed by atoms with Gasteiger partial charge < -0.3 is 0 Å². The first-order valence-electron chi connectivity index (χ1n) is 6.09. The molecule has 4 heteroatoms. The maximum atomic E-state index is 11.2. The lowest BCUT2D eigenvalue weighted by atomic mass is 9.97. The van der Waals surface area contributed by atoms with Gasteiger partial charge in [0, 0.05) is 10.5 Å². The van der Waals surface area contributed by atoms with Crippen LogP contribution in [0.5, 0.6) is 0 Å². The summed E-state index contributed by atoms with van der Waals surface area (Å²) in [7, 11) is 0. The van der Waals surface area contributed by atoms with Gasteiger partial charge >= 0.3 is 0 Å². The molecule has 3 aromatic rings. The maximum Gasteiger partial charge on any atom is 0.277 e. The second-order valence-electron chi connectivity index (χ2n) is 4.41. The maximum absolute atomic E-state index is 11.2. The van der Waals surface area contributed by atoms with Crippen molar-refractivity contribution in [2.75, 3.05) is 0 Å². The van der Waals surface area contributed by atoms with Crippen LogP contribution in [0.15, 0.2) is 65.1 Å². The lowest BCUT2D eigenvalue weighted by Crippen LogP contribution is -1.92. The van der Waals surface area contributed by atoms with Crippen LogP contribution in [0.2, 0.25) is 0 Å². The van der Waals surface area contributed by atoms with E-state index in [4.69, 9.17) is 0 Å². The molecule has 0 aromatic heterocycles. The SMILES string of the molecule is O=[N+]([O-])c1ccccc1-c1cccc2c(Br)cccc12. The quantitative estimate of drug-likeness (QED) is 0.481. The second-order valence-corrected chi connectivity index (χ2v) is 5.27. The van der Waals surface area contributed by atoms with Gasteiger partial charge in [-0.25, -0.2) is 0 Å². The summed E-state index contributed by atoms with van der Waals surface area (Å²) in [5, 5.41) is 13.2. The van der Waals surface area contributed by atoms with Crippen LogP contribution in [0.3, 0.4) is 0 Å². The minimum atomic E-state index is -0.341. The van der Waals surface area contributed by atoms with E-state index in [0.717, 1.165) is 20.8 Å². The van der Waals surface area contributed by atoms with Gasteiger partial charge in [0.1, 0.15) is 0 Å². The summed E-state index contributed by atoms with van der Waals surface area (Å²) in [5.74, 6) is 0. The van der Waals surface area contributed by atoms with Gasteiger partial charge in [-0.15, -0.1) is 0 Å². The third-order valence-corrected chi connectivity index (χ3v) is 3.95. The van der Waals surface area contributed by atoms with Crippen molar-refractivity contribution in [1.29, 1.82) is 0 Å². The van der Waals surface area contributed by atoms with E-state index in [2.05, 4.69) is 15.9 Å². The molecular formula is C16H10BrNO2. The molecule has 20 heavy (non-hydrogen) atoms. The Morgan fingerprint density at radius 2 is 1.45 bits per heavy atom. The van der Waals surface area contributed by atoms with Crippen LogP contribution in [0, 0.1) is 10.1 Å². The number of benzene rings is 3. The average molecular weight is 328 g/mol. The lowest BCUT2D eigenvalue weighted by Gasteiger charge is -2.08. The Kier molecular flexibility index (Phi) is 3.24. The van der Waals surface area contributed by atoms with Gasteiger partial charge in [0.25, 0.3) is 5.69 Å². The number of nitrogens with zero attached hydrogens (tertiary/aromatic N) is 1. The monoisotopic (exact) mass is 327 g/mol. The predicted molar refractivity (Wildman–Crippen MR) is 83.7 cm³/mol. The van der Waals surface area contributed by atoms with E-state index < -0.39 is 0 Å². The number of nitro benzene ring substituents is 1. The van der Waals surface area contributed by atoms with Crippen LogP contribution in [-0.4, -0.2) is 4.92 Å². The van der Waals surface area contributed by atoms with Gasteiger partial charge in [-0.05, 0) is 28.5 Å². The van der Waals surface area contributed by atoms with Crippen molar-refractivity contribution in [3.05, 3.63) is 75.3 Å². The Morgan fingerprint density at radius 1 is 0.800 bits per heavy atom. The number of fused-ring (bicyclic) bond motifs is 1. The zero-order valence-electron chi connectivity index (χ0n) is 10.4. The first-order valence-corrected chi connectivity index (χ1v) is 6.89. The fourth-order valence-corrected chi connectivity index (χ4v) is 2.87. The van der Waals surface area contributed by atoms with Crippen molar-refractivity contribution in [3.8, 4) is 11.1 Å². The molecule has 0 radical (unpaired) electrons. The van der Waals surface area contributed by atoms with Crippen LogP contribution in [0.1, 0.15) is 0 Å². The smallest absolute Gasteiger partial charge is 0.258 e. The molecule has 0 saturated heterocycles. The molecule has 3 aromatic carbocycles. The molecule has 3 rings (SSSR count). The van der Waals surface area contributed by atoms with Gasteiger partial charge in [-0.2, -0.15) is 0 Å². The molecule has 0 saturated carbocycles. The molecule has 3 nitrogen and oxygen atoms in total. The Hall–Kier alpha value is -2.20. The Balaban J connectivity index is 2.36. The van der Waals surface area contributed by atoms with Gasteiger partial charge in [-0.3, -0.25) is 10.1 Å². The highest BCUT2D eigenvalue weighted by Crippen LogP contribution is 2.36. The van der Waals surface area contributed by atoms with E-state index >= 15 is 0 Å². The zero-order valence-corrected chi connectivity index (χ0v) is 12.0. The van der Waals surface area contributed by atoms with Crippen molar-refractivity contribution < 1.29 is 4.92 Å². The van der Waals surface area contributed by atoms with Crippen LogP contribution < -0.4 is 0 Å². The van der Waals surface area contributed by atoms with Crippen LogP contribution >= 0.6 is 15.9 Å². The van der Waals surface area contributed by atoms with Crippen molar-refractivity contribution in [3.63, 3.8) is 0 Å².